The first kappa shape index (κ1) is 28.1. The number of nitrogens with zero attached hydrogens (tertiary/aromatic N) is 2. The van der Waals surface area contributed by atoms with Crippen LogP contribution in [0, 0.1) is 0 Å². The zero-order valence-electron chi connectivity index (χ0n) is 21.1. The third-order valence-electron chi connectivity index (χ3n) is 7.81. The van der Waals surface area contributed by atoms with E-state index >= 15 is 0 Å². The van der Waals surface area contributed by atoms with Gasteiger partial charge < -0.3 is 30.2 Å². The Kier molecular flexibility index (Phi) is 7.82. The molecule has 3 aliphatic heterocycles. The standard InChI is InChI=1S/C25H31F2N4O6PS/c26-25(27,38(35,36)37)16-5-8-20-15(13-16)14-21(39-20)22(32)29-18-4-2-1-3-17-6-7-19(31(17)23(18)33)24(34)30-11-9-28-10-12-30/h5,8,13-14,17-19,28H,1-4,6-7,9-12H2,(H,29,32)(H2,35,36,37)/t17-,18-,19-/m0/s1. The van der Waals surface area contributed by atoms with E-state index in [-0.39, 0.29) is 28.1 Å². The van der Waals surface area contributed by atoms with Crippen LogP contribution in [0.5, 0.6) is 0 Å². The van der Waals surface area contributed by atoms with Gasteiger partial charge in [0.05, 0.1) is 4.88 Å². The van der Waals surface area contributed by atoms with Crippen LogP contribution in [0.2, 0.25) is 0 Å². The zero-order valence-corrected chi connectivity index (χ0v) is 22.9. The molecule has 3 saturated heterocycles. The van der Waals surface area contributed by atoms with Gasteiger partial charge in [-0.15, -0.1) is 11.3 Å². The molecule has 0 spiro atoms. The quantitative estimate of drug-likeness (QED) is 0.396. The Morgan fingerprint density at radius 2 is 1.79 bits per heavy atom. The number of halogens is 2. The third-order valence-corrected chi connectivity index (χ3v) is 9.91. The van der Waals surface area contributed by atoms with Crippen LogP contribution in [0.1, 0.15) is 53.8 Å². The molecule has 1 aromatic carbocycles. The molecule has 0 saturated carbocycles. The summed E-state index contributed by atoms with van der Waals surface area (Å²) in [5.41, 5.74) is -5.20. The molecule has 3 fully saturated rings. The molecule has 2 aromatic rings. The first-order chi connectivity index (χ1) is 18.5. The summed E-state index contributed by atoms with van der Waals surface area (Å²) in [6, 6.07) is 3.14. The summed E-state index contributed by atoms with van der Waals surface area (Å²) in [5, 5.41) is 6.27. The maximum Gasteiger partial charge on any atom is 0.399 e. The second kappa shape index (κ2) is 10.9. The minimum Gasteiger partial charge on any atom is -0.340 e. The number of hydrogen-bond donors (Lipinski definition) is 4. The minimum absolute atomic E-state index is 0.0486. The Bertz CT molecular complexity index is 1330. The topological polar surface area (TPSA) is 139 Å². The summed E-state index contributed by atoms with van der Waals surface area (Å²) in [6.45, 7) is 2.61. The van der Waals surface area contributed by atoms with Crippen molar-refractivity contribution in [3.63, 3.8) is 0 Å². The number of nitrogens with one attached hydrogen (secondary N) is 2. The van der Waals surface area contributed by atoms with E-state index < -0.39 is 36.8 Å². The highest BCUT2D eigenvalue weighted by atomic mass is 32.1. The molecular formula is C25H31F2N4O6PS. The summed E-state index contributed by atoms with van der Waals surface area (Å²) in [5.74, 6) is -0.867. The summed E-state index contributed by atoms with van der Waals surface area (Å²) in [7, 11) is -5.73. The number of alkyl halides is 2. The number of piperazine rings is 1. The highest BCUT2D eigenvalue weighted by Crippen LogP contribution is 2.59. The van der Waals surface area contributed by atoms with E-state index in [1.807, 2.05) is 0 Å². The predicted molar refractivity (Wildman–Crippen MR) is 141 cm³/mol. The van der Waals surface area contributed by atoms with Gasteiger partial charge in [-0.05, 0) is 49.3 Å². The summed E-state index contributed by atoms with van der Waals surface area (Å²) >= 11 is 1.03. The number of fused-ring (bicyclic) bond motifs is 2. The number of hydrogen-bond acceptors (Lipinski definition) is 6. The number of thiophene rings is 1. The molecule has 4 N–H and O–H groups in total. The van der Waals surface area contributed by atoms with E-state index in [4.69, 9.17) is 9.79 Å². The van der Waals surface area contributed by atoms with E-state index in [1.54, 1.807) is 9.80 Å². The summed E-state index contributed by atoms with van der Waals surface area (Å²) in [6.07, 6.45) is 4.19. The Hall–Kier alpha value is -2.44. The SMILES string of the molecule is O=C(N[C@H]1CCCC[C@H]2CC[C@@H](C(=O)N3CCNCC3)N2C1=O)c1cc2cc(C(F)(F)P(=O)(O)O)ccc2s1. The lowest BCUT2D eigenvalue weighted by molar-refractivity contribution is -0.147. The molecule has 5 rings (SSSR count). The average molecular weight is 585 g/mol. The first-order valence-corrected chi connectivity index (χ1v) is 15.5. The van der Waals surface area contributed by atoms with Crippen LogP contribution in [0.15, 0.2) is 24.3 Å². The van der Waals surface area contributed by atoms with E-state index in [0.29, 0.717) is 43.7 Å². The molecule has 1 aromatic heterocycles. The predicted octanol–water partition coefficient (Wildman–Crippen LogP) is 2.59. The summed E-state index contributed by atoms with van der Waals surface area (Å²) in [4.78, 5) is 62.0. The van der Waals surface area contributed by atoms with Gasteiger partial charge in [0.15, 0.2) is 0 Å². The minimum atomic E-state index is -5.73. The molecule has 3 amide bonds. The van der Waals surface area contributed by atoms with E-state index in [9.17, 15) is 27.7 Å². The van der Waals surface area contributed by atoms with Gasteiger partial charge in [-0.1, -0.05) is 18.9 Å². The fourth-order valence-corrected chi connectivity index (χ4v) is 7.17. The largest absolute Gasteiger partial charge is 0.399 e. The number of rotatable bonds is 5. The molecule has 0 radical (unpaired) electrons. The van der Waals surface area contributed by atoms with Crippen LogP contribution in [-0.4, -0.2) is 81.6 Å². The van der Waals surface area contributed by atoms with Crippen LogP contribution in [0.4, 0.5) is 8.78 Å². The monoisotopic (exact) mass is 584 g/mol. The van der Waals surface area contributed by atoms with Gasteiger partial charge in [-0.2, -0.15) is 8.78 Å². The molecule has 3 aliphatic rings. The second-order valence-corrected chi connectivity index (χ2v) is 13.1. The maximum absolute atomic E-state index is 14.2. The Morgan fingerprint density at radius 1 is 1.08 bits per heavy atom. The first-order valence-electron chi connectivity index (χ1n) is 13.1. The van der Waals surface area contributed by atoms with Crippen molar-refractivity contribution < 1.29 is 37.5 Å². The average Bonchev–Trinajstić information content (AvgIpc) is 3.52. The summed E-state index contributed by atoms with van der Waals surface area (Å²) < 4.78 is 40.1. The number of carbonyl (C=O) groups excluding carboxylic acids is 3. The van der Waals surface area contributed by atoms with Crippen molar-refractivity contribution >= 4 is 46.7 Å². The van der Waals surface area contributed by atoms with Gasteiger partial charge in [0, 0.05) is 42.5 Å². The van der Waals surface area contributed by atoms with Crippen molar-refractivity contribution in [3.8, 4) is 0 Å². The maximum atomic E-state index is 14.2. The van der Waals surface area contributed by atoms with Gasteiger partial charge in [-0.3, -0.25) is 18.9 Å². The molecule has 0 bridgehead atoms. The molecule has 212 valence electrons. The molecule has 39 heavy (non-hydrogen) atoms. The highest BCUT2D eigenvalue weighted by molar-refractivity contribution is 7.52. The molecule has 4 heterocycles. The molecule has 0 aliphatic carbocycles. The van der Waals surface area contributed by atoms with E-state index in [1.165, 1.54) is 12.1 Å². The van der Waals surface area contributed by atoms with Gasteiger partial charge >= 0.3 is 13.3 Å². The smallest absolute Gasteiger partial charge is 0.340 e. The zero-order chi connectivity index (χ0) is 27.9. The molecule has 3 atom stereocenters. The number of carbonyl (C=O) groups is 3. The van der Waals surface area contributed by atoms with Gasteiger partial charge in [0.1, 0.15) is 12.1 Å². The lowest BCUT2D eigenvalue weighted by Crippen LogP contribution is -2.58. The van der Waals surface area contributed by atoms with Gasteiger partial charge in [0.2, 0.25) is 11.8 Å². The van der Waals surface area contributed by atoms with Crippen LogP contribution >= 0.6 is 18.9 Å². The molecule has 10 nitrogen and oxygen atoms in total. The van der Waals surface area contributed by atoms with Crippen LogP contribution in [0.25, 0.3) is 10.1 Å². The number of amides is 3. The Balaban J connectivity index is 1.34. The van der Waals surface area contributed by atoms with Crippen molar-refractivity contribution in [2.45, 2.75) is 62.3 Å². The van der Waals surface area contributed by atoms with Crippen LogP contribution in [0.3, 0.4) is 0 Å². The van der Waals surface area contributed by atoms with Crippen molar-refractivity contribution in [1.82, 2.24) is 20.4 Å². The van der Waals surface area contributed by atoms with E-state index in [2.05, 4.69) is 10.6 Å². The fraction of sp³-hybridized carbons (Fsp3) is 0.560. The second-order valence-electron chi connectivity index (χ2n) is 10.3. The Morgan fingerprint density at radius 3 is 2.51 bits per heavy atom. The third kappa shape index (κ3) is 5.47. The lowest BCUT2D eigenvalue weighted by atomic mass is 9.99. The van der Waals surface area contributed by atoms with Gasteiger partial charge in [-0.25, -0.2) is 0 Å². The van der Waals surface area contributed by atoms with Crippen LogP contribution < -0.4 is 10.6 Å². The normalized spacial score (nSPS) is 24.8. The number of benzene rings is 1. The highest BCUT2D eigenvalue weighted by Gasteiger charge is 2.50. The fourth-order valence-electron chi connectivity index (χ4n) is 5.74. The van der Waals surface area contributed by atoms with Crippen molar-refractivity contribution in [1.29, 1.82) is 0 Å². The lowest BCUT2D eigenvalue weighted by Gasteiger charge is -2.37. The van der Waals surface area contributed by atoms with Crippen molar-refractivity contribution in [2.75, 3.05) is 26.2 Å². The Labute approximate surface area is 227 Å². The van der Waals surface area contributed by atoms with Crippen molar-refractivity contribution in [2.24, 2.45) is 0 Å². The molecule has 14 heteroatoms. The van der Waals surface area contributed by atoms with Gasteiger partial charge in [0.25, 0.3) is 5.91 Å². The molecular weight excluding hydrogens is 553 g/mol. The van der Waals surface area contributed by atoms with Crippen molar-refractivity contribution in [3.05, 3.63) is 34.7 Å². The molecule has 0 unspecified atom stereocenters. The van der Waals surface area contributed by atoms with E-state index in [0.717, 1.165) is 49.2 Å². The van der Waals surface area contributed by atoms with Crippen LogP contribution in [-0.2, 0) is 19.8 Å².